The van der Waals surface area contributed by atoms with Crippen LogP contribution < -0.4 is 16.0 Å². The first-order valence-corrected chi connectivity index (χ1v) is 9.42. The Morgan fingerprint density at radius 2 is 2.19 bits per heavy atom. The highest BCUT2D eigenvalue weighted by Gasteiger charge is 2.22. The second kappa shape index (κ2) is 6.91. The van der Waals surface area contributed by atoms with Crippen molar-refractivity contribution in [2.45, 2.75) is 38.8 Å². The Bertz CT molecular complexity index is 992. The van der Waals surface area contributed by atoms with Gasteiger partial charge in [0.2, 0.25) is 16.2 Å². The molecule has 0 saturated carbocycles. The van der Waals surface area contributed by atoms with Gasteiger partial charge in [-0.2, -0.15) is 0 Å². The summed E-state index contributed by atoms with van der Waals surface area (Å²) < 4.78 is 6.45. The zero-order valence-electron chi connectivity index (χ0n) is 14.3. The fourth-order valence-corrected chi connectivity index (χ4v) is 4.12. The number of carbonyl (C=O) groups is 1. The molecule has 1 aliphatic heterocycles. The Kier molecular flexibility index (Phi) is 4.46. The van der Waals surface area contributed by atoms with E-state index in [2.05, 4.69) is 27.3 Å². The number of nitrogens with zero attached hydrogens (tertiary/aromatic N) is 4. The first-order chi connectivity index (χ1) is 12.6. The normalized spacial score (nSPS) is 17.6. The number of para-hydroxylation sites is 2. The first kappa shape index (κ1) is 16.8. The second-order valence-electron chi connectivity index (χ2n) is 6.40. The van der Waals surface area contributed by atoms with Gasteiger partial charge in [0, 0.05) is 12.6 Å². The molecular formula is C17H19N5O3S. The number of anilines is 2. The Morgan fingerprint density at radius 3 is 3.04 bits per heavy atom. The van der Waals surface area contributed by atoms with Gasteiger partial charge < -0.3 is 9.32 Å². The summed E-state index contributed by atoms with van der Waals surface area (Å²) in [7, 11) is 0. The Morgan fingerprint density at radius 1 is 1.35 bits per heavy atom. The lowest BCUT2D eigenvalue weighted by molar-refractivity contribution is -0.116. The molecule has 136 valence electrons. The van der Waals surface area contributed by atoms with E-state index in [1.54, 1.807) is 24.3 Å². The fraction of sp³-hybridized carbons (Fsp3) is 0.412. The van der Waals surface area contributed by atoms with Crippen LogP contribution in [0.25, 0.3) is 11.1 Å². The van der Waals surface area contributed by atoms with Gasteiger partial charge in [-0.15, -0.1) is 10.2 Å². The Labute approximate surface area is 153 Å². The predicted molar refractivity (Wildman–Crippen MR) is 99.7 cm³/mol. The number of hydrogen-bond donors (Lipinski definition) is 1. The van der Waals surface area contributed by atoms with Gasteiger partial charge in [0.15, 0.2) is 5.58 Å². The van der Waals surface area contributed by atoms with E-state index in [1.165, 1.54) is 22.3 Å². The third-order valence-corrected chi connectivity index (χ3v) is 5.46. The van der Waals surface area contributed by atoms with E-state index in [4.69, 9.17) is 4.42 Å². The van der Waals surface area contributed by atoms with Gasteiger partial charge in [0.1, 0.15) is 6.54 Å². The standard InChI is InChI=1S/C17H19N5O3S/c1-11-6-4-5-9-21(11)16-20-19-15(26-16)18-14(23)10-22-12-7-2-3-8-13(12)25-17(22)24/h2-3,7-8,11H,4-6,9-10H2,1H3,(H,18,19,23)/t11-/m1/s1. The molecule has 1 amide bonds. The zero-order valence-corrected chi connectivity index (χ0v) is 15.2. The average molecular weight is 373 g/mol. The molecule has 26 heavy (non-hydrogen) atoms. The summed E-state index contributed by atoms with van der Waals surface area (Å²) in [4.78, 5) is 26.5. The van der Waals surface area contributed by atoms with E-state index in [0.29, 0.717) is 22.3 Å². The van der Waals surface area contributed by atoms with Gasteiger partial charge in [0.05, 0.1) is 5.52 Å². The van der Waals surface area contributed by atoms with Crippen LogP contribution in [0.3, 0.4) is 0 Å². The molecule has 0 bridgehead atoms. The minimum Gasteiger partial charge on any atom is -0.408 e. The van der Waals surface area contributed by atoms with E-state index in [-0.39, 0.29) is 12.5 Å². The molecule has 1 atom stereocenters. The van der Waals surface area contributed by atoms with Crippen LogP contribution >= 0.6 is 11.3 Å². The van der Waals surface area contributed by atoms with Crippen molar-refractivity contribution in [2.75, 3.05) is 16.8 Å². The first-order valence-electron chi connectivity index (χ1n) is 8.60. The van der Waals surface area contributed by atoms with Gasteiger partial charge in [0.25, 0.3) is 0 Å². The molecule has 9 heteroatoms. The summed E-state index contributed by atoms with van der Waals surface area (Å²) in [6.07, 6.45) is 3.51. The Hall–Kier alpha value is -2.68. The van der Waals surface area contributed by atoms with Crippen molar-refractivity contribution < 1.29 is 9.21 Å². The number of fused-ring (bicyclic) bond motifs is 1. The van der Waals surface area contributed by atoms with Gasteiger partial charge in [-0.3, -0.25) is 14.7 Å². The molecule has 4 rings (SSSR count). The maximum absolute atomic E-state index is 12.3. The molecule has 0 radical (unpaired) electrons. The van der Waals surface area contributed by atoms with Gasteiger partial charge in [-0.05, 0) is 38.3 Å². The van der Waals surface area contributed by atoms with Crippen molar-refractivity contribution in [2.24, 2.45) is 0 Å². The molecule has 1 saturated heterocycles. The van der Waals surface area contributed by atoms with Crippen molar-refractivity contribution in [3.63, 3.8) is 0 Å². The average Bonchev–Trinajstić information content (AvgIpc) is 3.20. The summed E-state index contributed by atoms with van der Waals surface area (Å²) in [6, 6.07) is 7.44. The number of oxazole rings is 1. The molecule has 8 nitrogen and oxygen atoms in total. The predicted octanol–water partition coefficient (Wildman–Crippen LogP) is 2.46. The molecule has 1 aromatic carbocycles. The maximum Gasteiger partial charge on any atom is 0.420 e. The third kappa shape index (κ3) is 3.22. The number of nitrogens with one attached hydrogen (secondary N) is 1. The second-order valence-corrected chi connectivity index (χ2v) is 7.35. The minimum absolute atomic E-state index is 0.134. The molecule has 0 aliphatic carbocycles. The summed E-state index contributed by atoms with van der Waals surface area (Å²) in [6.45, 7) is 3.00. The van der Waals surface area contributed by atoms with Crippen molar-refractivity contribution in [1.82, 2.24) is 14.8 Å². The van der Waals surface area contributed by atoms with E-state index in [9.17, 15) is 9.59 Å². The van der Waals surface area contributed by atoms with Gasteiger partial charge >= 0.3 is 5.76 Å². The van der Waals surface area contributed by atoms with Gasteiger partial charge in [-0.25, -0.2) is 4.79 Å². The summed E-state index contributed by atoms with van der Waals surface area (Å²) >= 11 is 1.35. The zero-order chi connectivity index (χ0) is 18.1. The van der Waals surface area contributed by atoms with Crippen LogP contribution in [0.1, 0.15) is 26.2 Å². The Balaban J connectivity index is 1.47. The number of piperidine rings is 1. The molecule has 1 fully saturated rings. The van der Waals surface area contributed by atoms with Gasteiger partial charge in [-0.1, -0.05) is 23.5 Å². The van der Waals surface area contributed by atoms with Crippen molar-refractivity contribution >= 4 is 38.6 Å². The molecule has 0 unspecified atom stereocenters. The number of carbonyl (C=O) groups excluding carboxylic acids is 1. The number of hydrogen-bond acceptors (Lipinski definition) is 7. The van der Waals surface area contributed by atoms with E-state index in [0.717, 1.165) is 24.5 Å². The highest BCUT2D eigenvalue weighted by molar-refractivity contribution is 7.19. The molecule has 1 aliphatic rings. The van der Waals surface area contributed by atoms with Crippen molar-refractivity contribution in [3.8, 4) is 0 Å². The van der Waals surface area contributed by atoms with Crippen LogP contribution in [0.2, 0.25) is 0 Å². The number of amides is 1. The highest BCUT2D eigenvalue weighted by Crippen LogP contribution is 2.29. The van der Waals surface area contributed by atoms with Crippen LogP contribution in [-0.2, 0) is 11.3 Å². The van der Waals surface area contributed by atoms with Crippen molar-refractivity contribution in [1.29, 1.82) is 0 Å². The lowest BCUT2D eigenvalue weighted by atomic mass is 10.1. The van der Waals surface area contributed by atoms with E-state index < -0.39 is 5.76 Å². The lowest BCUT2D eigenvalue weighted by Gasteiger charge is -2.32. The molecule has 1 N–H and O–H groups in total. The topological polar surface area (TPSA) is 93.3 Å². The van der Waals surface area contributed by atoms with E-state index in [1.807, 2.05) is 0 Å². The van der Waals surface area contributed by atoms with Crippen LogP contribution in [0.4, 0.5) is 10.3 Å². The largest absolute Gasteiger partial charge is 0.420 e. The quantitative estimate of drug-likeness (QED) is 0.755. The smallest absolute Gasteiger partial charge is 0.408 e. The number of benzene rings is 1. The summed E-state index contributed by atoms with van der Waals surface area (Å²) in [5.74, 6) is -0.894. The number of rotatable bonds is 4. The molecule has 3 heterocycles. The molecule has 2 aromatic heterocycles. The maximum atomic E-state index is 12.3. The molecular weight excluding hydrogens is 354 g/mol. The van der Waals surface area contributed by atoms with Crippen LogP contribution in [0.5, 0.6) is 0 Å². The summed E-state index contributed by atoms with van der Waals surface area (Å²) in [5, 5.41) is 12.2. The third-order valence-electron chi connectivity index (χ3n) is 4.58. The van der Waals surface area contributed by atoms with Crippen LogP contribution in [0.15, 0.2) is 33.5 Å². The van der Waals surface area contributed by atoms with E-state index >= 15 is 0 Å². The molecule has 0 spiro atoms. The monoisotopic (exact) mass is 373 g/mol. The van der Waals surface area contributed by atoms with Crippen molar-refractivity contribution in [3.05, 3.63) is 34.8 Å². The van der Waals surface area contributed by atoms with Crippen LogP contribution in [-0.4, -0.2) is 33.3 Å². The highest BCUT2D eigenvalue weighted by atomic mass is 32.1. The lowest BCUT2D eigenvalue weighted by Crippen LogP contribution is -2.37. The molecule has 3 aromatic rings. The van der Waals surface area contributed by atoms with Crippen LogP contribution in [0, 0.1) is 0 Å². The summed E-state index contributed by atoms with van der Waals surface area (Å²) in [5.41, 5.74) is 1.05. The minimum atomic E-state index is -0.554. The number of aromatic nitrogens is 3. The fourth-order valence-electron chi connectivity index (χ4n) is 3.23. The SMILES string of the molecule is C[C@@H]1CCCCN1c1nnc(NC(=O)Cn2c(=O)oc3ccccc32)s1.